The van der Waals surface area contributed by atoms with Crippen molar-refractivity contribution >= 4 is 34.8 Å². The lowest BCUT2D eigenvalue weighted by atomic mass is 10.1. The molecular formula is C23H21ClN2O5. The van der Waals surface area contributed by atoms with Gasteiger partial charge in [0.1, 0.15) is 0 Å². The van der Waals surface area contributed by atoms with E-state index in [-0.39, 0.29) is 16.9 Å². The standard InChI is InChI=1S/C23H21ClN2O5/c1-29-19-13-12-15(20(30-2)21(19)31-3)23(28)25-17-10-6-4-8-14(17)22(27)26-18-11-7-5-9-16(18)24/h4-13H,1-3H3,(H,25,28)(H,26,27). The van der Waals surface area contributed by atoms with Gasteiger partial charge in [0.25, 0.3) is 11.8 Å². The molecule has 0 spiro atoms. The molecule has 0 aliphatic rings. The molecule has 3 aromatic carbocycles. The monoisotopic (exact) mass is 440 g/mol. The van der Waals surface area contributed by atoms with Crippen LogP contribution in [0.3, 0.4) is 0 Å². The van der Waals surface area contributed by atoms with Crippen LogP contribution in [0.5, 0.6) is 17.2 Å². The Hall–Kier alpha value is -3.71. The maximum absolute atomic E-state index is 13.0. The van der Waals surface area contributed by atoms with Crippen molar-refractivity contribution in [3.8, 4) is 17.2 Å². The van der Waals surface area contributed by atoms with Crippen molar-refractivity contribution in [2.45, 2.75) is 0 Å². The molecular weight excluding hydrogens is 420 g/mol. The second-order valence-electron chi connectivity index (χ2n) is 6.32. The van der Waals surface area contributed by atoms with Crippen molar-refractivity contribution in [1.29, 1.82) is 0 Å². The third-order valence-electron chi connectivity index (χ3n) is 4.49. The number of hydrogen-bond acceptors (Lipinski definition) is 5. The molecule has 0 saturated heterocycles. The maximum atomic E-state index is 13.0. The first-order valence-electron chi connectivity index (χ1n) is 9.25. The van der Waals surface area contributed by atoms with E-state index in [0.717, 1.165) is 0 Å². The highest BCUT2D eigenvalue weighted by Crippen LogP contribution is 2.40. The fourth-order valence-electron chi connectivity index (χ4n) is 3.01. The normalized spacial score (nSPS) is 10.2. The van der Waals surface area contributed by atoms with Crippen molar-refractivity contribution < 1.29 is 23.8 Å². The molecule has 0 unspecified atom stereocenters. The number of amides is 2. The third-order valence-corrected chi connectivity index (χ3v) is 4.82. The summed E-state index contributed by atoms with van der Waals surface area (Å²) in [5, 5.41) is 5.92. The molecule has 3 aromatic rings. The van der Waals surface area contributed by atoms with Crippen LogP contribution in [0.2, 0.25) is 5.02 Å². The van der Waals surface area contributed by atoms with Crippen molar-refractivity contribution in [3.63, 3.8) is 0 Å². The van der Waals surface area contributed by atoms with Crippen molar-refractivity contribution in [2.75, 3.05) is 32.0 Å². The second-order valence-corrected chi connectivity index (χ2v) is 6.72. The smallest absolute Gasteiger partial charge is 0.259 e. The van der Waals surface area contributed by atoms with E-state index in [2.05, 4.69) is 10.6 Å². The Labute approximate surface area is 184 Å². The molecule has 0 aromatic heterocycles. The van der Waals surface area contributed by atoms with E-state index in [1.165, 1.54) is 21.3 Å². The van der Waals surface area contributed by atoms with Crippen LogP contribution < -0.4 is 24.8 Å². The summed E-state index contributed by atoms with van der Waals surface area (Å²) in [4.78, 5) is 25.8. The van der Waals surface area contributed by atoms with Crippen LogP contribution in [0, 0.1) is 0 Å². The number of anilines is 2. The minimum atomic E-state index is -0.476. The van der Waals surface area contributed by atoms with Gasteiger partial charge in [-0.3, -0.25) is 9.59 Å². The molecule has 0 bridgehead atoms. The average Bonchev–Trinajstić information content (AvgIpc) is 2.79. The quantitative estimate of drug-likeness (QED) is 0.547. The van der Waals surface area contributed by atoms with E-state index in [4.69, 9.17) is 25.8 Å². The number of hydrogen-bond donors (Lipinski definition) is 2. The number of rotatable bonds is 7. The minimum absolute atomic E-state index is 0.220. The zero-order valence-corrected chi connectivity index (χ0v) is 17.9. The van der Waals surface area contributed by atoms with Crippen molar-refractivity contribution in [1.82, 2.24) is 0 Å². The summed E-state index contributed by atoms with van der Waals surface area (Å²) in [6, 6.07) is 16.7. The van der Waals surface area contributed by atoms with Gasteiger partial charge in [0, 0.05) is 0 Å². The van der Waals surface area contributed by atoms with Gasteiger partial charge in [0.15, 0.2) is 11.5 Å². The molecule has 3 rings (SSSR count). The van der Waals surface area contributed by atoms with E-state index in [9.17, 15) is 9.59 Å². The van der Waals surface area contributed by atoms with Crippen LogP contribution in [-0.4, -0.2) is 33.1 Å². The molecule has 0 aliphatic carbocycles. The molecule has 0 atom stereocenters. The van der Waals surface area contributed by atoms with Crippen LogP contribution in [-0.2, 0) is 0 Å². The summed E-state index contributed by atoms with van der Waals surface area (Å²) < 4.78 is 16.0. The molecule has 160 valence electrons. The first-order chi connectivity index (χ1) is 15.0. The van der Waals surface area contributed by atoms with Crippen LogP contribution in [0.4, 0.5) is 11.4 Å². The molecule has 2 N–H and O–H groups in total. The number of halogens is 1. The summed E-state index contributed by atoms with van der Waals surface area (Å²) in [6.07, 6.45) is 0. The lowest BCUT2D eigenvalue weighted by molar-refractivity contribution is 0.102. The lowest BCUT2D eigenvalue weighted by Gasteiger charge is -2.16. The molecule has 0 aliphatic heterocycles. The highest BCUT2D eigenvalue weighted by Gasteiger charge is 2.22. The minimum Gasteiger partial charge on any atom is -0.493 e. The Morgan fingerprint density at radius 1 is 0.677 bits per heavy atom. The molecule has 0 heterocycles. The molecule has 0 fully saturated rings. The van der Waals surface area contributed by atoms with Gasteiger partial charge in [0.2, 0.25) is 5.75 Å². The van der Waals surface area contributed by atoms with Gasteiger partial charge in [-0.25, -0.2) is 0 Å². The molecule has 8 heteroatoms. The number of carbonyl (C=O) groups is 2. The number of nitrogens with one attached hydrogen (secondary N) is 2. The Balaban J connectivity index is 1.90. The fraction of sp³-hybridized carbons (Fsp3) is 0.130. The number of ether oxygens (including phenoxy) is 3. The van der Waals surface area contributed by atoms with Crippen molar-refractivity contribution in [2.24, 2.45) is 0 Å². The zero-order valence-electron chi connectivity index (χ0n) is 17.2. The maximum Gasteiger partial charge on any atom is 0.259 e. The van der Waals surface area contributed by atoms with Crippen molar-refractivity contribution in [3.05, 3.63) is 76.8 Å². The van der Waals surface area contributed by atoms with Crippen LogP contribution in [0.1, 0.15) is 20.7 Å². The number of carbonyl (C=O) groups excluding carboxylic acids is 2. The molecule has 0 saturated carbocycles. The Kier molecular flexibility index (Phi) is 6.99. The predicted molar refractivity (Wildman–Crippen MR) is 120 cm³/mol. The summed E-state index contributed by atoms with van der Waals surface area (Å²) in [6.45, 7) is 0. The topological polar surface area (TPSA) is 85.9 Å². The first-order valence-corrected chi connectivity index (χ1v) is 9.63. The molecule has 31 heavy (non-hydrogen) atoms. The van der Waals surface area contributed by atoms with Gasteiger partial charge in [0.05, 0.1) is 48.9 Å². The average molecular weight is 441 g/mol. The van der Waals surface area contributed by atoms with Gasteiger partial charge >= 0.3 is 0 Å². The summed E-state index contributed by atoms with van der Waals surface area (Å²) in [5.74, 6) is 0.0502. The summed E-state index contributed by atoms with van der Waals surface area (Å²) in [5.41, 5.74) is 1.29. The van der Waals surface area contributed by atoms with Crippen LogP contribution in [0.15, 0.2) is 60.7 Å². The Bertz CT molecular complexity index is 1120. The molecule has 2 amide bonds. The first kappa shape index (κ1) is 22.0. The van der Waals surface area contributed by atoms with E-state index in [0.29, 0.717) is 27.9 Å². The lowest BCUT2D eigenvalue weighted by Crippen LogP contribution is -2.19. The van der Waals surface area contributed by atoms with Gasteiger partial charge in [-0.1, -0.05) is 35.9 Å². The zero-order chi connectivity index (χ0) is 22.4. The molecule has 7 nitrogen and oxygen atoms in total. The third kappa shape index (κ3) is 4.73. The van der Waals surface area contributed by atoms with E-state index in [1.54, 1.807) is 60.7 Å². The molecule has 0 radical (unpaired) electrons. The number of methoxy groups -OCH3 is 3. The highest BCUT2D eigenvalue weighted by molar-refractivity contribution is 6.34. The van der Waals surface area contributed by atoms with Gasteiger partial charge in [-0.05, 0) is 36.4 Å². The SMILES string of the molecule is COc1ccc(C(=O)Nc2ccccc2C(=O)Nc2ccccc2Cl)c(OC)c1OC. The van der Waals surface area contributed by atoms with Crippen LogP contribution in [0.25, 0.3) is 0 Å². The summed E-state index contributed by atoms with van der Waals surface area (Å²) >= 11 is 6.13. The predicted octanol–water partition coefficient (Wildman–Crippen LogP) is 4.87. The Morgan fingerprint density at radius 3 is 1.90 bits per heavy atom. The second kappa shape index (κ2) is 9.86. The fourth-order valence-corrected chi connectivity index (χ4v) is 3.20. The largest absolute Gasteiger partial charge is 0.493 e. The van der Waals surface area contributed by atoms with E-state index in [1.807, 2.05) is 0 Å². The highest BCUT2D eigenvalue weighted by atomic mass is 35.5. The van der Waals surface area contributed by atoms with Gasteiger partial charge in [-0.2, -0.15) is 0 Å². The number of para-hydroxylation sites is 2. The van der Waals surface area contributed by atoms with Gasteiger partial charge in [-0.15, -0.1) is 0 Å². The summed E-state index contributed by atoms with van der Waals surface area (Å²) in [7, 11) is 4.38. The van der Waals surface area contributed by atoms with Crippen LogP contribution >= 0.6 is 11.6 Å². The Morgan fingerprint density at radius 2 is 1.26 bits per heavy atom. The van der Waals surface area contributed by atoms with E-state index >= 15 is 0 Å². The van der Waals surface area contributed by atoms with Gasteiger partial charge < -0.3 is 24.8 Å². The van der Waals surface area contributed by atoms with E-state index < -0.39 is 11.8 Å². The number of benzene rings is 3.